The van der Waals surface area contributed by atoms with Gasteiger partial charge in [-0.2, -0.15) is 5.10 Å². The van der Waals surface area contributed by atoms with Crippen molar-refractivity contribution in [3.8, 4) is 44.3 Å². The van der Waals surface area contributed by atoms with Crippen molar-refractivity contribution in [1.29, 1.82) is 0 Å². The van der Waals surface area contributed by atoms with Crippen molar-refractivity contribution in [3.05, 3.63) is 108 Å². The first-order chi connectivity index (χ1) is 25.0. The summed E-state index contributed by atoms with van der Waals surface area (Å²) < 4.78 is 13.3. The Morgan fingerprint density at radius 2 is 1.81 bits per heavy atom. The molecule has 5 N–H and O–H groups in total. The van der Waals surface area contributed by atoms with E-state index in [-0.39, 0.29) is 11.6 Å². The minimum atomic E-state index is -0.571. The van der Waals surface area contributed by atoms with Crippen LogP contribution in [0, 0.1) is 6.92 Å². The number of carbonyl (C=O) groups excluding carboxylic acids is 1. The number of phenolic OH excluding ortho intramolecular Hbond substituents is 1. The Morgan fingerprint density at radius 3 is 2.56 bits per heavy atom. The van der Waals surface area contributed by atoms with Gasteiger partial charge in [0.15, 0.2) is 5.82 Å². The number of aromatic hydroxyl groups is 1. The van der Waals surface area contributed by atoms with E-state index in [1.54, 1.807) is 35.7 Å². The van der Waals surface area contributed by atoms with Gasteiger partial charge in [-0.15, -0.1) is 21.5 Å². The van der Waals surface area contributed by atoms with Crippen molar-refractivity contribution < 1.29 is 19.4 Å². The lowest BCUT2D eigenvalue weighted by atomic mass is 10.1. The molecule has 13 heteroatoms. The first-order valence-corrected chi connectivity index (χ1v) is 17.8. The van der Waals surface area contributed by atoms with Gasteiger partial charge in [0, 0.05) is 41.7 Å². The number of hydrogen-bond acceptors (Lipinski definition) is 11. The lowest BCUT2D eigenvalue weighted by Gasteiger charge is -2.20. The Morgan fingerprint density at radius 1 is 1.00 bits per heavy atom. The number of para-hydroxylation sites is 1. The predicted molar refractivity (Wildman–Crippen MR) is 204 cm³/mol. The van der Waals surface area contributed by atoms with Gasteiger partial charge in [-0.25, -0.2) is 9.78 Å². The molecule has 0 atom stereocenters. The fourth-order valence-electron chi connectivity index (χ4n) is 5.50. The first kappa shape index (κ1) is 35.9. The van der Waals surface area contributed by atoms with Crippen LogP contribution in [0.1, 0.15) is 44.0 Å². The molecule has 3 aromatic heterocycles. The molecule has 3 heterocycles. The summed E-state index contributed by atoms with van der Waals surface area (Å²) in [5.41, 5.74) is 15.0. The zero-order valence-electron chi connectivity index (χ0n) is 29.6. The molecule has 0 saturated heterocycles. The van der Waals surface area contributed by atoms with E-state index in [4.69, 9.17) is 15.2 Å². The molecular formula is C39H42N8O4S. The van der Waals surface area contributed by atoms with Crippen molar-refractivity contribution in [2.24, 2.45) is 0 Å². The molecule has 6 aromatic rings. The van der Waals surface area contributed by atoms with Crippen LogP contribution in [0.5, 0.6) is 11.5 Å². The first-order valence-electron chi connectivity index (χ1n) is 16.9. The van der Waals surface area contributed by atoms with Gasteiger partial charge in [-0.05, 0) is 87.2 Å². The number of aromatic nitrogens is 5. The number of nitrogen functional groups attached to an aromatic ring is 1. The number of amides is 1. The zero-order valence-corrected chi connectivity index (χ0v) is 30.4. The van der Waals surface area contributed by atoms with Crippen LogP contribution in [0.3, 0.4) is 0 Å². The van der Waals surface area contributed by atoms with Crippen molar-refractivity contribution in [2.45, 2.75) is 52.8 Å². The summed E-state index contributed by atoms with van der Waals surface area (Å²) in [6.07, 6.45) is 3.96. The van der Waals surface area contributed by atoms with E-state index in [2.05, 4.69) is 43.0 Å². The molecule has 1 amide bonds. The van der Waals surface area contributed by atoms with E-state index < -0.39 is 11.7 Å². The molecule has 12 nitrogen and oxygen atoms in total. The van der Waals surface area contributed by atoms with Crippen molar-refractivity contribution >= 4 is 28.9 Å². The molecule has 0 fully saturated rings. The van der Waals surface area contributed by atoms with Gasteiger partial charge in [0.2, 0.25) is 0 Å². The monoisotopic (exact) mass is 718 g/mol. The van der Waals surface area contributed by atoms with E-state index >= 15 is 0 Å². The Kier molecular flexibility index (Phi) is 11.0. The summed E-state index contributed by atoms with van der Waals surface area (Å²) in [7, 11) is 0. The Balaban J connectivity index is 1.02. The van der Waals surface area contributed by atoms with E-state index in [0.29, 0.717) is 43.1 Å². The standard InChI is InChI=1S/C39H42N8O4S/c1-25-36(52-24-43-25)27-12-13-28(20-42-38(49)51-39(2,3)4)33(18-27)41-16-7-17-50-30-14-10-26(11-15-30)22-47-23-29(21-44-47)32-19-34(45-46-37(32)40)31-8-5-6-9-35(31)48/h5-6,8-15,18-19,21,23-24,41,48H,7,16-17,20,22H2,1-4H3,(H2,40,46)(H,42,49). The number of anilines is 2. The van der Waals surface area contributed by atoms with Crippen LogP contribution in [0.15, 0.2) is 90.7 Å². The molecule has 0 saturated carbocycles. The lowest BCUT2D eigenvalue weighted by molar-refractivity contribution is 0.0523. The van der Waals surface area contributed by atoms with Gasteiger partial charge >= 0.3 is 6.09 Å². The Labute approximate surface area is 306 Å². The largest absolute Gasteiger partial charge is 0.507 e. The summed E-state index contributed by atoms with van der Waals surface area (Å²) in [5, 5.41) is 29.5. The van der Waals surface area contributed by atoms with Crippen molar-refractivity contribution in [3.63, 3.8) is 0 Å². The summed E-state index contributed by atoms with van der Waals surface area (Å²) in [6.45, 7) is 9.62. The maximum absolute atomic E-state index is 12.3. The molecule has 52 heavy (non-hydrogen) atoms. The Bertz CT molecular complexity index is 2140. The summed E-state index contributed by atoms with van der Waals surface area (Å²) >= 11 is 1.60. The third kappa shape index (κ3) is 9.23. The van der Waals surface area contributed by atoms with Gasteiger partial charge < -0.3 is 30.9 Å². The fraction of sp³-hybridized carbons (Fsp3) is 0.256. The molecule has 0 unspecified atom stereocenters. The number of thiazole rings is 1. The van der Waals surface area contributed by atoms with Crippen LogP contribution in [0.25, 0.3) is 32.8 Å². The average Bonchev–Trinajstić information content (AvgIpc) is 3.77. The van der Waals surface area contributed by atoms with Crippen LogP contribution in [-0.4, -0.2) is 54.9 Å². The number of hydrogen-bond donors (Lipinski definition) is 4. The lowest BCUT2D eigenvalue weighted by Crippen LogP contribution is -2.32. The molecule has 0 aliphatic heterocycles. The van der Waals surface area contributed by atoms with Crippen molar-refractivity contribution in [1.82, 2.24) is 30.3 Å². The highest BCUT2D eigenvalue weighted by atomic mass is 32.1. The molecule has 6 rings (SSSR count). The van der Waals surface area contributed by atoms with E-state index in [1.165, 1.54) is 0 Å². The minimum Gasteiger partial charge on any atom is -0.507 e. The highest BCUT2D eigenvalue weighted by molar-refractivity contribution is 7.13. The second-order valence-corrected chi connectivity index (χ2v) is 14.1. The van der Waals surface area contributed by atoms with Gasteiger partial charge in [-0.3, -0.25) is 4.68 Å². The van der Waals surface area contributed by atoms with E-state index in [9.17, 15) is 9.90 Å². The fourth-order valence-corrected chi connectivity index (χ4v) is 6.31. The average molecular weight is 719 g/mol. The summed E-state index contributed by atoms with van der Waals surface area (Å²) in [5.74, 6) is 1.18. The number of nitrogens with two attached hydrogens (primary N) is 1. The zero-order chi connectivity index (χ0) is 36.7. The number of nitrogens with one attached hydrogen (secondary N) is 2. The Hall–Kier alpha value is -5.95. The van der Waals surface area contributed by atoms with Crippen LogP contribution in [0.4, 0.5) is 16.3 Å². The predicted octanol–water partition coefficient (Wildman–Crippen LogP) is 7.68. The highest BCUT2D eigenvalue weighted by Gasteiger charge is 2.17. The second-order valence-electron chi connectivity index (χ2n) is 13.2. The third-order valence-electron chi connectivity index (χ3n) is 8.06. The molecule has 0 radical (unpaired) electrons. The number of ether oxygens (including phenoxy) is 2. The number of nitrogens with zero attached hydrogens (tertiary/aromatic N) is 5. The quantitative estimate of drug-likeness (QED) is 0.0872. The number of benzene rings is 3. The van der Waals surface area contributed by atoms with Crippen molar-refractivity contribution in [2.75, 3.05) is 24.2 Å². The maximum Gasteiger partial charge on any atom is 0.407 e. The second kappa shape index (κ2) is 15.9. The normalized spacial score (nSPS) is 11.3. The number of aryl methyl sites for hydroxylation is 1. The summed E-state index contributed by atoms with van der Waals surface area (Å²) in [6, 6.07) is 22.9. The third-order valence-corrected chi connectivity index (χ3v) is 9.04. The molecule has 0 aliphatic carbocycles. The van der Waals surface area contributed by atoms with E-state index in [0.717, 1.165) is 50.7 Å². The van der Waals surface area contributed by atoms with Gasteiger partial charge in [0.05, 0.1) is 41.1 Å². The molecule has 268 valence electrons. The number of carbonyl (C=O) groups is 1. The molecular weight excluding hydrogens is 677 g/mol. The number of phenols is 1. The highest BCUT2D eigenvalue weighted by Crippen LogP contribution is 2.33. The number of alkyl carbamates (subject to hydrolysis) is 1. The number of rotatable bonds is 13. The van der Waals surface area contributed by atoms with Crippen LogP contribution in [0.2, 0.25) is 0 Å². The molecule has 3 aromatic carbocycles. The minimum absolute atomic E-state index is 0.122. The molecule has 0 bridgehead atoms. The summed E-state index contributed by atoms with van der Waals surface area (Å²) in [4.78, 5) is 17.8. The van der Waals surface area contributed by atoms with Crippen LogP contribution >= 0.6 is 11.3 Å². The van der Waals surface area contributed by atoms with Gasteiger partial charge in [0.1, 0.15) is 17.1 Å². The van der Waals surface area contributed by atoms with Crippen LogP contribution < -0.4 is 21.1 Å². The smallest absolute Gasteiger partial charge is 0.407 e. The van der Waals surface area contributed by atoms with Gasteiger partial charge in [0.25, 0.3) is 0 Å². The van der Waals surface area contributed by atoms with Gasteiger partial charge in [-0.1, -0.05) is 36.4 Å². The molecule has 0 aliphatic rings. The topological polar surface area (TPSA) is 162 Å². The molecule has 0 spiro atoms. The maximum atomic E-state index is 12.3. The SMILES string of the molecule is Cc1ncsc1-c1ccc(CNC(=O)OC(C)(C)C)c(NCCCOc2ccc(Cn3cc(-c4cc(-c5ccccc5O)nnc4N)cn3)cc2)c1. The van der Waals surface area contributed by atoms with Crippen LogP contribution in [-0.2, 0) is 17.8 Å². The van der Waals surface area contributed by atoms with E-state index in [1.807, 2.05) is 86.5 Å².